The van der Waals surface area contributed by atoms with Crippen molar-refractivity contribution in [2.75, 3.05) is 33.3 Å². The molecule has 2 spiro atoms. The lowest BCUT2D eigenvalue weighted by molar-refractivity contribution is -0.175. The minimum atomic E-state index is -1.38. The average molecular weight is 1500 g/mol. The number of hydrogen-bond donors (Lipinski definition) is 8. The van der Waals surface area contributed by atoms with Crippen molar-refractivity contribution in [1.29, 1.82) is 0 Å². The lowest BCUT2D eigenvalue weighted by atomic mass is 9.49. The van der Waals surface area contributed by atoms with Gasteiger partial charge in [0.15, 0.2) is 23.7 Å². The Bertz CT molecular complexity index is 4960. The Morgan fingerprint density at radius 2 is 0.972 bits per heavy atom. The second-order valence-electron chi connectivity index (χ2n) is 32.4. The van der Waals surface area contributed by atoms with Crippen molar-refractivity contribution in [1.82, 2.24) is 50.9 Å². The second kappa shape index (κ2) is 28.3. The summed E-state index contributed by atoms with van der Waals surface area (Å²) in [5.74, 6) is 4.19. The average Bonchev–Trinajstić information content (AvgIpc) is 1.57. The molecule has 109 heavy (non-hydrogen) atoms. The van der Waals surface area contributed by atoms with Gasteiger partial charge in [-0.25, -0.2) is 0 Å². The number of hydrogen-bond acceptors (Lipinski definition) is 22. The van der Waals surface area contributed by atoms with Crippen molar-refractivity contribution in [3.8, 4) is 51.4 Å². The van der Waals surface area contributed by atoms with Gasteiger partial charge in [-0.15, -0.1) is 12.4 Å². The molecule has 4 bridgehead atoms. The van der Waals surface area contributed by atoms with Crippen LogP contribution in [-0.2, 0) is 61.2 Å². The van der Waals surface area contributed by atoms with Gasteiger partial charge in [0, 0.05) is 72.9 Å². The predicted octanol–water partition coefficient (Wildman–Crippen LogP) is 11.2. The van der Waals surface area contributed by atoms with Crippen LogP contribution in [-0.4, -0.2) is 146 Å². The summed E-state index contributed by atoms with van der Waals surface area (Å²) < 4.78 is 36.4. The predicted molar refractivity (Wildman–Crippen MR) is 405 cm³/mol. The molecule has 0 unspecified atom stereocenters. The van der Waals surface area contributed by atoms with E-state index in [-0.39, 0.29) is 78.7 Å². The van der Waals surface area contributed by atoms with Gasteiger partial charge in [-0.3, -0.25) is 19.4 Å². The van der Waals surface area contributed by atoms with Crippen LogP contribution in [0.4, 0.5) is 0 Å². The van der Waals surface area contributed by atoms with Crippen LogP contribution in [0, 0.1) is 18.8 Å². The molecule has 9 N–H and O–H groups in total. The Morgan fingerprint density at radius 3 is 1.44 bits per heavy atom. The molecule has 4 aliphatic heterocycles. The molecule has 6 aliphatic carbocycles. The Balaban J connectivity index is 0.000000143. The molecule has 8 atom stereocenters. The topological polar surface area (TPSA) is 336 Å². The fraction of sp³-hybridized carbons (Fsp3) is 0.429. The molecule has 2 saturated heterocycles. The first-order valence-electron chi connectivity index (χ1n) is 37.5. The summed E-state index contributed by atoms with van der Waals surface area (Å²) in [6.45, 7) is 16.7. The number of carbonyl (C=O) groups excluding carboxylic acids is 2. The van der Waals surface area contributed by atoms with Crippen molar-refractivity contribution < 1.29 is 62.9 Å². The van der Waals surface area contributed by atoms with E-state index in [1.165, 1.54) is 31.2 Å². The van der Waals surface area contributed by atoms with E-state index in [0.717, 1.165) is 90.0 Å². The lowest BCUT2D eigenvalue weighted by Crippen LogP contribution is -2.76. The number of aryl methyl sites for hydroxylation is 1. The third-order valence-corrected chi connectivity index (χ3v) is 23.9. The van der Waals surface area contributed by atoms with Crippen molar-refractivity contribution in [2.24, 2.45) is 17.6 Å². The van der Waals surface area contributed by atoms with Gasteiger partial charge in [0.2, 0.25) is 23.4 Å². The molecule has 19 rings (SSSR count). The van der Waals surface area contributed by atoms with Crippen LogP contribution >= 0.6 is 12.4 Å². The maximum absolute atomic E-state index is 14.7. The number of ether oxygens (including phenoxy) is 3. The maximum Gasteiger partial charge on any atom is 0.252 e. The summed E-state index contributed by atoms with van der Waals surface area (Å²) >= 11 is 0. The molecule has 0 radical (unpaired) electrons. The summed E-state index contributed by atoms with van der Waals surface area (Å²) in [6.07, 6.45) is 5.91. The van der Waals surface area contributed by atoms with Crippen LogP contribution < -0.4 is 25.8 Å². The molecule has 6 aromatic carbocycles. The van der Waals surface area contributed by atoms with Crippen molar-refractivity contribution in [3.63, 3.8) is 0 Å². The molecule has 25 heteroatoms. The van der Waals surface area contributed by atoms with E-state index in [0.29, 0.717) is 71.5 Å². The second-order valence-corrected chi connectivity index (χ2v) is 32.4. The minimum absolute atomic E-state index is 0. The number of piperidine rings is 2. The summed E-state index contributed by atoms with van der Waals surface area (Å²) in [5, 5.41) is 74.0. The number of rotatable bonds is 17. The lowest BCUT2D eigenvalue weighted by Gasteiger charge is -2.63. The first kappa shape index (κ1) is 74.7. The fourth-order valence-electron chi connectivity index (χ4n) is 18.1. The fourth-order valence-corrected chi connectivity index (χ4v) is 18.1. The standard InChI is InChI=1S/C40H42N4O5.C32H34N4O6.C11H13N3O.CH4O.ClH/c1-24-14-17-28-20-30-40(46)21-29(36(45)42-38(2,3)37-41-35(43-49-37)27-12-8-5-9-13-27)33(47-23-26-10-6-4-7-11-26)34-39(40,31(28)32(24)48-34)18-19-44(30)22-25-15-16-25;1-30(2,29-33-27(35-42-29)18-6-4-3-5-7-18)34-28(39)20-15-32(40)22-14-19-10-11-21(37)25-23(19)31(32,26(41-25)24(20)38)12-13-36(22)16-17-8-9-17;1-11(2,12)10-13-9(14-15-10)8-6-4-3-5-7-8;1-2;/h4-14,17,25,30,34,46H,15-16,18-23H2,1-3H3,(H,42,45);3-7,10-11,17,22,26,37-38,40H,8-9,12-16H2,1-2H3,(H,34,39);3-7H,12H2,1-2H3;2H,1H3;1H/t30-,34+,39+,40-;22-,26+,31+,32-;;;/m11.../s1. The number of nitrogens with one attached hydrogen (secondary N) is 2. The molecule has 570 valence electrons. The zero-order chi connectivity index (χ0) is 75.5. The molecule has 2 amide bonds. The number of phenolic OH excluding ortho intramolecular Hbond substituents is 1. The van der Waals surface area contributed by atoms with Gasteiger partial charge in [-0.05, 0) is 153 Å². The summed E-state index contributed by atoms with van der Waals surface area (Å²) in [6, 6.07) is 46.1. The Hall–Kier alpha value is -9.79. The number of nitrogens with two attached hydrogens (primary N) is 1. The van der Waals surface area contributed by atoms with Crippen LogP contribution in [0.15, 0.2) is 182 Å². The highest BCUT2D eigenvalue weighted by Crippen LogP contribution is 2.68. The third-order valence-electron chi connectivity index (χ3n) is 23.9. The number of phenols is 1. The number of aromatic nitrogens is 6. The van der Waals surface area contributed by atoms with Crippen LogP contribution in [0.3, 0.4) is 0 Å². The Morgan fingerprint density at radius 1 is 0.560 bits per heavy atom. The highest BCUT2D eigenvalue weighted by Gasteiger charge is 2.75. The molecule has 3 aromatic heterocycles. The van der Waals surface area contributed by atoms with Gasteiger partial charge in [0.05, 0.1) is 38.7 Å². The van der Waals surface area contributed by atoms with Crippen LogP contribution in [0.5, 0.6) is 17.2 Å². The summed E-state index contributed by atoms with van der Waals surface area (Å²) in [4.78, 5) is 47.0. The number of benzene rings is 6. The number of carbonyl (C=O) groups is 2. The van der Waals surface area contributed by atoms with E-state index in [1.807, 2.05) is 155 Å². The SMILES string of the molecule is CC(C)(N)c1nc(-c2ccccc2)no1.CC(C)(NC(=O)C1=C(O)[C@@H]2Oc3c(O)ccc4c3[C@@]23CCN(CC2CC2)[C@H](C4)[C@]3(O)C1)c1nc(-c2ccccc2)no1.CO.Cc1ccc2c3c1O[C@H]1C(OCc4ccccc4)=C(C(=O)NC(C)(C)c4nc(-c5ccccc5)no4)C[C@@]4(O)[C@@H](C2)N(CC2CC2)CC[C@]314.Cl. The van der Waals surface area contributed by atoms with E-state index in [2.05, 4.69) is 69.9 Å². The van der Waals surface area contributed by atoms with Gasteiger partial charge in [-0.2, -0.15) is 15.0 Å². The summed E-state index contributed by atoms with van der Waals surface area (Å²) in [5.41, 5.74) is 8.04. The number of aliphatic hydroxyl groups excluding tert-OH is 2. The molecule has 2 saturated carbocycles. The number of amides is 2. The summed E-state index contributed by atoms with van der Waals surface area (Å²) in [7, 11) is 1.00. The van der Waals surface area contributed by atoms with E-state index < -0.39 is 56.8 Å². The highest BCUT2D eigenvalue weighted by molar-refractivity contribution is 5.96. The molecule has 24 nitrogen and oxygen atoms in total. The van der Waals surface area contributed by atoms with E-state index in [1.54, 1.807) is 19.9 Å². The number of nitrogens with zero attached hydrogens (tertiary/aromatic N) is 8. The van der Waals surface area contributed by atoms with Gasteiger partial charge in [0.25, 0.3) is 23.6 Å². The van der Waals surface area contributed by atoms with Crippen molar-refractivity contribution in [3.05, 3.63) is 219 Å². The van der Waals surface area contributed by atoms with E-state index >= 15 is 0 Å². The maximum atomic E-state index is 14.7. The smallest absolute Gasteiger partial charge is 0.252 e. The molecular formula is C84H94ClN11O13. The monoisotopic (exact) mass is 1500 g/mol. The quantitative estimate of drug-likeness (QED) is 0.0420. The third kappa shape index (κ3) is 12.8. The van der Waals surface area contributed by atoms with Crippen molar-refractivity contribution in [2.45, 2.75) is 182 Å². The Labute approximate surface area is 638 Å². The molecule has 7 heterocycles. The first-order valence-corrected chi connectivity index (χ1v) is 37.5. The van der Waals surface area contributed by atoms with Gasteiger partial charge in [0.1, 0.15) is 35.0 Å². The largest absolute Gasteiger partial charge is 0.508 e. The molecule has 10 aliphatic rings. The van der Waals surface area contributed by atoms with E-state index in [4.69, 9.17) is 38.6 Å². The Kier molecular flexibility index (Phi) is 19.4. The van der Waals surface area contributed by atoms with Gasteiger partial charge in [-0.1, -0.05) is 155 Å². The number of aliphatic hydroxyl groups is 4. The molecular weight excluding hydrogens is 1410 g/mol. The zero-order valence-electron chi connectivity index (χ0n) is 62.5. The number of aromatic hydroxyl groups is 1. The van der Waals surface area contributed by atoms with Gasteiger partial charge >= 0.3 is 0 Å². The van der Waals surface area contributed by atoms with E-state index in [9.17, 15) is 30.0 Å². The first-order chi connectivity index (χ1) is 51.9. The molecule has 9 aromatic rings. The number of halogens is 1. The highest BCUT2D eigenvalue weighted by atomic mass is 35.5. The van der Waals surface area contributed by atoms with Gasteiger partial charge < -0.3 is 69.7 Å². The normalized spacial score (nSPS) is 25.2. The minimum Gasteiger partial charge on any atom is -0.508 e. The molecule has 4 fully saturated rings. The number of likely N-dealkylation sites (tertiary alicyclic amines) is 2. The zero-order valence-corrected chi connectivity index (χ0v) is 63.3. The van der Waals surface area contributed by atoms with Crippen molar-refractivity contribution >= 4 is 24.2 Å². The van der Waals surface area contributed by atoms with Crippen LogP contribution in [0.1, 0.15) is 144 Å². The van der Waals surface area contributed by atoms with Crippen LogP contribution in [0.2, 0.25) is 0 Å². The van der Waals surface area contributed by atoms with Crippen LogP contribution in [0.25, 0.3) is 34.2 Å².